The molecule has 3 atom stereocenters. The van der Waals surface area contributed by atoms with Crippen molar-refractivity contribution in [2.24, 2.45) is 17.6 Å². The lowest BCUT2D eigenvalue weighted by Gasteiger charge is -2.12. The highest BCUT2D eigenvalue weighted by atomic mass is 14.7. The van der Waals surface area contributed by atoms with Crippen LogP contribution in [-0.4, -0.2) is 6.04 Å². The minimum atomic E-state index is 0.410. The predicted molar refractivity (Wildman–Crippen MR) is 69.3 cm³/mol. The minimum Gasteiger partial charge on any atom is -0.327 e. The first-order valence-corrected chi connectivity index (χ1v) is 6.49. The van der Waals surface area contributed by atoms with E-state index in [-0.39, 0.29) is 0 Å². The van der Waals surface area contributed by atoms with Gasteiger partial charge in [0.1, 0.15) is 0 Å². The van der Waals surface area contributed by atoms with Gasteiger partial charge in [-0.1, -0.05) is 44.2 Å². The van der Waals surface area contributed by atoms with Gasteiger partial charge in [0.25, 0.3) is 0 Å². The highest BCUT2D eigenvalue weighted by molar-refractivity contribution is 5.26. The standard InChI is InChI=1S/C15H23N/c1-11(2)8-9-15(16)14-10-13(14)12-6-4-3-5-7-12/h3-7,11,13-15H,8-10,16H2,1-2H3. The zero-order valence-corrected chi connectivity index (χ0v) is 10.4. The molecule has 0 bridgehead atoms. The molecule has 1 aromatic carbocycles. The van der Waals surface area contributed by atoms with Crippen LogP contribution >= 0.6 is 0 Å². The Morgan fingerprint density at radius 3 is 2.50 bits per heavy atom. The van der Waals surface area contributed by atoms with E-state index in [0.29, 0.717) is 6.04 Å². The monoisotopic (exact) mass is 217 g/mol. The fourth-order valence-corrected chi connectivity index (χ4v) is 2.51. The van der Waals surface area contributed by atoms with E-state index in [0.717, 1.165) is 17.8 Å². The van der Waals surface area contributed by atoms with Crippen LogP contribution in [0.3, 0.4) is 0 Å². The van der Waals surface area contributed by atoms with E-state index in [2.05, 4.69) is 44.2 Å². The lowest BCUT2D eigenvalue weighted by atomic mass is 9.98. The summed E-state index contributed by atoms with van der Waals surface area (Å²) in [6.07, 6.45) is 3.74. The van der Waals surface area contributed by atoms with Crippen molar-refractivity contribution >= 4 is 0 Å². The van der Waals surface area contributed by atoms with E-state index in [1.165, 1.54) is 24.8 Å². The number of hydrogen-bond acceptors (Lipinski definition) is 1. The molecule has 1 aliphatic rings. The molecule has 0 radical (unpaired) electrons. The van der Waals surface area contributed by atoms with Gasteiger partial charge in [-0.15, -0.1) is 0 Å². The van der Waals surface area contributed by atoms with Gasteiger partial charge in [0.15, 0.2) is 0 Å². The van der Waals surface area contributed by atoms with Crippen LogP contribution < -0.4 is 5.73 Å². The van der Waals surface area contributed by atoms with Crippen molar-refractivity contribution in [3.8, 4) is 0 Å². The quantitative estimate of drug-likeness (QED) is 0.802. The molecule has 0 spiro atoms. The molecule has 1 heteroatoms. The van der Waals surface area contributed by atoms with Gasteiger partial charge >= 0.3 is 0 Å². The van der Waals surface area contributed by atoms with Gasteiger partial charge < -0.3 is 5.73 Å². The molecule has 0 saturated heterocycles. The molecule has 1 saturated carbocycles. The van der Waals surface area contributed by atoms with Gasteiger partial charge in [-0.2, -0.15) is 0 Å². The second-order valence-corrected chi connectivity index (χ2v) is 5.55. The molecule has 0 aromatic heterocycles. The summed E-state index contributed by atoms with van der Waals surface area (Å²) in [7, 11) is 0. The topological polar surface area (TPSA) is 26.0 Å². The third-order valence-corrected chi connectivity index (χ3v) is 3.69. The van der Waals surface area contributed by atoms with Crippen molar-refractivity contribution in [1.29, 1.82) is 0 Å². The first-order chi connectivity index (χ1) is 7.68. The summed E-state index contributed by atoms with van der Waals surface area (Å²) in [4.78, 5) is 0. The molecule has 2 N–H and O–H groups in total. The van der Waals surface area contributed by atoms with Crippen LogP contribution in [0.25, 0.3) is 0 Å². The van der Waals surface area contributed by atoms with Crippen LogP contribution in [0.2, 0.25) is 0 Å². The maximum Gasteiger partial charge on any atom is 0.00733 e. The first kappa shape index (κ1) is 11.7. The van der Waals surface area contributed by atoms with Gasteiger partial charge in [0.2, 0.25) is 0 Å². The predicted octanol–water partition coefficient (Wildman–Crippen LogP) is 3.55. The summed E-state index contributed by atoms with van der Waals surface area (Å²) in [6, 6.07) is 11.2. The van der Waals surface area contributed by atoms with Crippen LogP contribution in [0.1, 0.15) is 44.6 Å². The number of nitrogens with two attached hydrogens (primary N) is 1. The lowest BCUT2D eigenvalue weighted by molar-refractivity contribution is 0.462. The van der Waals surface area contributed by atoms with Crippen molar-refractivity contribution in [2.75, 3.05) is 0 Å². The SMILES string of the molecule is CC(C)CCC(N)C1CC1c1ccccc1. The van der Waals surface area contributed by atoms with Crippen LogP contribution in [-0.2, 0) is 0 Å². The maximum absolute atomic E-state index is 6.26. The van der Waals surface area contributed by atoms with Gasteiger partial charge in [-0.25, -0.2) is 0 Å². The van der Waals surface area contributed by atoms with E-state index in [4.69, 9.17) is 5.73 Å². The Balaban J connectivity index is 1.82. The highest BCUT2D eigenvalue weighted by Crippen LogP contribution is 2.49. The largest absolute Gasteiger partial charge is 0.327 e. The molecule has 1 nitrogen and oxygen atoms in total. The Bertz CT molecular complexity index is 317. The first-order valence-electron chi connectivity index (χ1n) is 6.49. The third-order valence-electron chi connectivity index (χ3n) is 3.69. The summed E-state index contributed by atoms with van der Waals surface area (Å²) in [5, 5.41) is 0. The average Bonchev–Trinajstić information content (AvgIpc) is 3.07. The van der Waals surface area contributed by atoms with Gasteiger partial charge in [-0.3, -0.25) is 0 Å². The van der Waals surface area contributed by atoms with E-state index in [1.54, 1.807) is 0 Å². The second-order valence-electron chi connectivity index (χ2n) is 5.55. The number of rotatable bonds is 5. The Morgan fingerprint density at radius 2 is 1.88 bits per heavy atom. The van der Waals surface area contributed by atoms with Crippen molar-refractivity contribution in [1.82, 2.24) is 0 Å². The molecule has 0 amide bonds. The molecule has 0 heterocycles. The number of hydrogen-bond donors (Lipinski definition) is 1. The maximum atomic E-state index is 6.26. The van der Waals surface area contributed by atoms with Crippen molar-refractivity contribution < 1.29 is 0 Å². The lowest BCUT2D eigenvalue weighted by Crippen LogP contribution is -2.23. The molecular weight excluding hydrogens is 194 g/mol. The molecule has 88 valence electrons. The van der Waals surface area contributed by atoms with E-state index in [1.807, 2.05) is 0 Å². The molecule has 1 fully saturated rings. The Morgan fingerprint density at radius 1 is 1.19 bits per heavy atom. The minimum absolute atomic E-state index is 0.410. The Labute approximate surface area is 99.0 Å². The van der Waals surface area contributed by atoms with Crippen molar-refractivity contribution in [2.45, 2.75) is 45.1 Å². The Hall–Kier alpha value is -0.820. The molecular formula is C15H23N. The van der Waals surface area contributed by atoms with Crippen LogP contribution in [0.4, 0.5) is 0 Å². The fraction of sp³-hybridized carbons (Fsp3) is 0.600. The number of benzene rings is 1. The van der Waals surface area contributed by atoms with Gasteiger partial charge in [0.05, 0.1) is 0 Å². The summed E-state index contributed by atoms with van der Waals surface area (Å²) in [6.45, 7) is 4.54. The summed E-state index contributed by atoms with van der Waals surface area (Å²) < 4.78 is 0. The summed E-state index contributed by atoms with van der Waals surface area (Å²) >= 11 is 0. The van der Waals surface area contributed by atoms with Gasteiger partial charge in [0, 0.05) is 6.04 Å². The molecule has 3 unspecified atom stereocenters. The van der Waals surface area contributed by atoms with E-state index < -0.39 is 0 Å². The van der Waals surface area contributed by atoms with E-state index >= 15 is 0 Å². The fourth-order valence-electron chi connectivity index (χ4n) is 2.51. The smallest absolute Gasteiger partial charge is 0.00733 e. The zero-order chi connectivity index (χ0) is 11.5. The summed E-state index contributed by atoms with van der Waals surface area (Å²) in [5.74, 6) is 2.25. The summed E-state index contributed by atoms with van der Waals surface area (Å²) in [5.41, 5.74) is 7.73. The van der Waals surface area contributed by atoms with Crippen molar-refractivity contribution in [3.63, 3.8) is 0 Å². The molecule has 0 aliphatic heterocycles. The second kappa shape index (κ2) is 5.01. The van der Waals surface area contributed by atoms with Crippen LogP contribution in [0.5, 0.6) is 0 Å². The van der Waals surface area contributed by atoms with Gasteiger partial charge in [-0.05, 0) is 42.6 Å². The highest BCUT2D eigenvalue weighted by Gasteiger charge is 2.41. The molecule has 2 rings (SSSR count). The normalized spacial score (nSPS) is 25.8. The van der Waals surface area contributed by atoms with Crippen LogP contribution in [0, 0.1) is 11.8 Å². The van der Waals surface area contributed by atoms with Crippen molar-refractivity contribution in [3.05, 3.63) is 35.9 Å². The molecule has 1 aromatic rings. The average molecular weight is 217 g/mol. The van der Waals surface area contributed by atoms with Crippen LogP contribution in [0.15, 0.2) is 30.3 Å². The molecule has 1 aliphatic carbocycles. The van der Waals surface area contributed by atoms with E-state index in [9.17, 15) is 0 Å². The zero-order valence-electron chi connectivity index (χ0n) is 10.4. The third kappa shape index (κ3) is 2.85. The Kier molecular flexibility index (Phi) is 3.65. The molecule has 16 heavy (non-hydrogen) atoms.